The van der Waals surface area contributed by atoms with E-state index in [0.717, 1.165) is 6.07 Å². The lowest BCUT2D eigenvalue weighted by atomic mass is 10.1. The first kappa shape index (κ1) is 17.8. The molecular weight excluding hydrogens is 363 g/mol. The van der Waals surface area contributed by atoms with E-state index in [0.29, 0.717) is 17.8 Å². The highest BCUT2D eigenvalue weighted by atomic mass is 19.4. The molecule has 26 heavy (non-hydrogen) atoms. The van der Waals surface area contributed by atoms with Crippen molar-refractivity contribution in [2.75, 3.05) is 5.32 Å². The lowest BCUT2D eigenvalue weighted by molar-refractivity contribution is -0.289. The SMILES string of the molecule is Cn1ncc(CC(=O)Nc2nc3ccc(C(F)(F)C(F)(F)F)cc3[nH]2)n1. The maximum Gasteiger partial charge on any atom is 0.458 e. The summed E-state index contributed by atoms with van der Waals surface area (Å²) in [6.45, 7) is 0. The number of fused-ring (bicyclic) bond motifs is 1. The van der Waals surface area contributed by atoms with Gasteiger partial charge in [0.05, 0.1) is 29.3 Å². The molecule has 2 N–H and O–H groups in total. The molecule has 138 valence electrons. The van der Waals surface area contributed by atoms with Crippen LogP contribution in [-0.4, -0.2) is 37.0 Å². The van der Waals surface area contributed by atoms with Gasteiger partial charge in [0.2, 0.25) is 11.9 Å². The number of carbonyl (C=O) groups excluding carboxylic acids is 1. The number of aryl methyl sites for hydroxylation is 1. The number of imidazole rings is 1. The van der Waals surface area contributed by atoms with Crippen molar-refractivity contribution in [2.45, 2.75) is 18.5 Å². The number of alkyl halides is 5. The maximum atomic E-state index is 13.4. The summed E-state index contributed by atoms with van der Waals surface area (Å²) in [6.07, 6.45) is -4.43. The van der Waals surface area contributed by atoms with Gasteiger partial charge >= 0.3 is 12.1 Å². The zero-order valence-corrected chi connectivity index (χ0v) is 13.1. The lowest BCUT2D eigenvalue weighted by Gasteiger charge is -2.19. The molecule has 1 amide bonds. The number of rotatable bonds is 4. The first-order valence-electron chi connectivity index (χ1n) is 7.16. The van der Waals surface area contributed by atoms with Gasteiger partial charge in [0, 0.05) is 12.6 Å². The first-order chi connectivity index (χ1) is 12.1. The normalized spacial score (nSPS) is 12.5. The Labute approximate surface area is 142 Å². The van der Waals surface area contributed by atoms with Gasteiger partial charge in [0.25, 0.3) is 0 Å². The van der Waals surface area contributed by atoms with Gasteiger partial charge in [-0.05, 0) is 12.1 Å². The van der Waals surface area contributed by atoms with Crippen LogP contribution in [0.5, 0.6) is 0 Å². The quantitative estimate of drug-likeness (QED) is 0.687. The molecule has 0 spiro atoms. The number of benzene rings is 1. The smallest absolute Gasteiger partial charge is 0.324 e. The van der Waals surface area contributed by atoms with Crippen LogP contribution in [0.3, 0.4) is 0 Å². The van der Waals surface area contributed by atoms with Crippen LogP contribution in [-0.2, 0) is 24.2 Å². The average molecular weight is 374 g/mol. The molecule has 0 radical (unpaired) electrons. The third-order valence-corrected chi connectivity index (χ3v) is 3.45. The number of nitrogens with one attached hydrogen (secondary N) is 2. The van der Waals surface area contributed by atoms with E-state index < -0.39 is 23.6 Å². The molecule has 3 aromatic rings. The Hall–Kier alpha value is -3.05. The monoisotopic (exact) mass is 374 g/mol. The van der Waals surface area contributed by atoms with E-state index >= 15 is 0 Å². The van der Waals surface area contributed by atoms with Crippen molar-refractivity contribution in [3.8, 4) is 0 Å². The summed E-state index contributed by atoms with van der Waals surface area (Å²) in [5.41, 5.74) is -0.769. The molecule has 3 rings (SSSR count). The van der Waals surface area contributed by atoms with Crippen molar-refractivity contribution in [1.29, 1.82) is 0 Å². The zero-order chi connectivity index (χ0) is 19.1. The van der Waals surface area contributed by atoms with E-state index in [1.165, 1.54) is 11.0 Å². The summed E-state index contributed by atoms with van der Waals surface area (Å²) in [6, 6.07) is 2.30. The van der Waals surface area contributed by atoms with Crippen LogP contribution in [0, 0.1) is 0 Å². The van der Waals surface area contributed by atoms with E-state index in [1.54, 1.807) is 7.05 Å². The molecule has 0 bridgehead atoms. The van der Waals surface area contributed by atoms with E-state index in [2.05, 4.69) is 25.5 Å². The average Bonchev–Trinajstić information content (AvgIpc) is 3.10. The minimum atomic E-state index is -5.71. The second-order valence-electron chi connectivity index (χ2n) is 5.44. The Kier molecular flexibility index (Phi) is 4.12. The molecule has 0 aliphatic heterocycles. The Morgan fingerprint density at radius 3 is 2.62 bits per heavy atom. The van der Waals surface area contributed by atoms with Crippen LogP contribution in [0.4, 0.5) is 27.9 Å². The Bertz CT molecular complexity index is 960. The number of halogens is 5. The largest absolute Gasteiger partial charge is 0.458 e. The number of carbonyl (C=O) groups is 1. The number of H-pyrrole nitrogens is 1. The van der Waals surface area contributed by atoms with Gasteiger partial charge in [-0.15, -0.1) is 0 Å². The minimum absolute atomic E-state index is 0.0683. The Morgan fingerprint density at radius 1 is 1.27 bits per heavy atom. The second-order valence-corrected chi connectivity index (χ2v) is 5.44. The standard InChI is InChI=1S/C14H11F5N6O/c1-25-20-6-8(24-25)5-11(26)23-12-21-9-3-2-7(4-10(9)22-12)13(15,16)14(17,18)19/h2-4,6H,5H2,1H3,(H2,21,22,23,26). The lowest BCUT2D eigenvalue weighted by Crippen LogP contribution is -2.33. The highest BCUT2D eigenvalue weighted by Gasteiger charge is 2.58. The number of aromatic nitrogens is 5. The van der Waals surface area contributed by atoms with Crippen LogP contribution < -0.4 is 5.32 Å². The topological polar surface area (TPSA) is 88.5 Å². The molecule has 12 heteroatoms. The summed E-state index contributed by atoms with van der Waals surface area (Å²) >= 11 is 0. The third-order valence-electron chi connectivity index (χ3n) is 3.45. The van der Waals surface area contributed by atoms with E-state index in [1.807, 2.05) is 0 Å². The van der Waals surface area contributed by atoms with Crippen molar-refractivity contribution in [2.24, 2.45) is 7.05 Å². The molecule has 0 atom stereocenters. The molecule has 0 saturated carbocycles. The molecular formula is C14H11F5N6O. The number of aromatic amines is 1. The minimum Gasteiger partial charge on any atom is -0.324 e. The summed E-state index contributed by atoms with van der Waals surface area (Å²) in [5, 5.41) is 10.1. The molecule has 0 fully saturated rings. The van der Waals surface area contributed by atoms with Gasteiger partial charge < -0.3 is 4.98 Å². The third kappa shape index (κ3) is 3.34. The summed E-state index contributed by atoms with van der Waals surface area (Å²) in [5.74, 6) is -5.59. The zero-order valence-electron chi connectivity index (χ0n) is 13.1. The fourth-order valence-electron chi connectivity index (χ4n) is 2.24. The molecule has 0 aliphatic rings. The summed E-state index contributed by atoms with van der Waals surface area (Å²) in [4.78, 5) is 19.6. The Morgan fingerprint density at radius 2 is 2.00 bits per heavy atom. The molecule has 0 aliphatic carbocycles. The summed E-state index contributed by atoms with van der Waals surface area (Å²) in [7, 11) is 1.58. The van der Waals surface area contributed by atoms with Crippen LogP contribution in [0.25, 0.3) is 11.0 Å². The molecule has 0 saturated heterocycles. The fraction of sp³-hybridized carbons (Fsp3) is 0.286. The molecule has 7 nitrogen and oxygen atoms in total. The van der Waals surface area contributed by atoms with E-state index in [4.69, 9.17) is 0 Å². The van der Waals surface area contributed by atoms with Crippen molar-refractivity contribution < 1.29 is 26.7 Å². The second kappa shape index (κ2) is 6.04. The molecule has 0 unspecified atom stereocenters. The van der Waals surface area contributed by atoms with Crippen molar-refractivity contribution >= 4 is 22.9 Å². The van der Waals surface area contributed by atoms with Crippen molar-refractivity contribution in [1.82, 2.24) is 25.0 Å². The van der Waals surface area contributed by atoms with Crippen molar-refractivity contribution in [3.05, 3.63) is 35.7 Å². The van der Waals surface area contributed by atoms with Gasteiger partial charge in [-0.1, -0.05) is 6.07 Å². The van der Waals surface area contributed by atoms with Crippen LogP contribution >= 0.6 is 0 Å². The maximum absolute atomic E-state index is 13.4. The van der Waals surface area contributed by atoms with E-state index in [9.17, 15) is 26.7 Å². The van der Waals surface area contributed by atoms with Gasteiger partial charge in [0.1, 0.15) is 0 Å². The number of hydrogen-bond donors (Lipinski definition) is 2. The van der Waals surface area contributed by atoms with Crippen molar-refractivity contribution in [3.63, 3.8) is 0 Å². The van der Waals surface area contributed by atoms with Gasteiger partial charge in [-0.2, -0.15) is 36.9 Å². The fourth-order valence-corrected chi connectivity index (χ4v) is 2.24. The first-order valence-corrected chi connectivity index (χ1v) is 7.16. The summed E-state index contributed by atoms with van der Waals surface area (Å²) < 4.78 is 64.2. The number of nitrogens with zero attached hydrogens (tertiary/aromatic N) is 4. The van der Waals surface area contributed by atoms with Crippen LogP contribution in [0.2, 0.25) is 0 Å². The van der Waals surface area contributed by atoms with Gasteiger partial charge in [-0.25, -0.2) is 4.98 Å². The molecule has 2 heterocycles. The highest BCUT2D eigenvalue weighted by molar-refractivity contribution is 5.92. The van der Waals surface area contributed by atoms with Gasteiger partial charge in [-0.3, -0.25) is 10.1 Å². The molecule has 2 aromatic heterocycles. The molecule has 1 aromatic carbocycles. The van der Waals surface area contributed by atoms with Crippen LogP contribution in [0.1, 0.15) is 11.3 Å². The number of anilines is 1. The number of amides is 1. The van der Waals surface area contributed by atoms with Crippen LogP contribution in [0.15, 0.2) is 24.4 Å². The van der Waals surface area contributed by atoms with E-state index in [-0.39, 0.29) is 23.4 Å². The van der Waals surface area contributed by atoms with Gasteiger partial charge in [0.15, 0.2) is 0 Å². The predicted octanol–water partition coefficient (Wildman–Crippen LogP) is 2.53. The Balaban J connectivity index is 1.80. The highest BCUT2D eigenvalue weighted by Crippen LogP contribution is 2.44. The number of hydrogen-bond acceptors (Lipinski definition) is 4. The predicted molar refractivity (Wildman–Crippen MR) is 79.4 cm³/mol.